The van der Waals surface area contributed by atoms with E-state index in [-0.39, 0.29) is 30.4 Å². The molecule has 0 spiro atoms. The summed E-state index contributed by atoms with van der Waals surface area (Å²) in [6, 6.07) is 4.87. The SMILES string of the molecule is CC(C(=O)NCc1cc(C(F)(F)F)nn1C1CCCCC1)c1ccc(CNS(C)(=O)=O)c(F)c1. The van der Waals surface area contributed by atoms with Crippen molar-refractivity contribution >= 4 is 15.9 Å². The molecule has 0 saturated heterocycles. The highest BCUT2D eigenvalue weighted by Gasteiger charge is 2.36. The molecule has 1 heterocycles. The first-order valence-corrected chi connectivity index (χ1v) is 12.9. The normalized spacial score (nSPS) is 16.4. The summed E-state index contributed by atoms with van der Waals surface area (Å²) in [5.74, 6) is -1.93. The second-order valence-corrected chi connectivity index (χ2v) is 10.5. The number of rotatable bonds is 8. The number of halogens is 4. The predicted octanol–water partition coefficient (Wildman–Crippen LogP) is 4.02. The number of nitrogens with one attached hydrogen (secondary N) is 2. The topological polar surface area (TPSA) is 93.1 Å². The van der Waals surface area contributed by atoms with E-state index in [2.05, 4.69) is 15.1 Å². The van der Waals surface area contributed by atoms with Crippen LogP contribution in [0.5, 0.6) is 0 Å². The zero-order chi connectivity index (χ0) is 25.1. The molecule has 1 aliphatic carbocycles. The lowest BCUT2D eigenvalue weighted by Crippen LogP contribution is -2.29. The van der Waals surface area contributed by atoms with Crippen LogP contribution in [0.2, 0.25) is 0 Å². The molecule has 34 heavy (non-hydrogen) atoms. The number of alkyl halides is 3. The van der Waals surface area contributed by atoms with E-state index in [1.54, 1.807) is 6.92 Å². The molecule has 1 saturated carbocycles. The van der Waals surface area contributed by atoms with Crippen LogP contribution < -0.4 is 10.0 Å². The van der Waals surface area contributed by atoms with E-state index in [9.17, 15) is 30.8 Å². The average Bonchev–Trinajstić information content (AvgIpc) is 3.21. The van der Waals surface area contributed by atoms with Crippen LogP contribution in [0.25, 0.3) is 0 Å². The van der Waals surface area contributed by atoms with Gasteiger partial charge in [-0.3, -0.25) is 9.48 Å². The quantitative estimate of drug-likeness (QED) is 0.532. The number of benzene rings is 1. The highest BCUT2D eigenvalue weighted by Crippen LogP contribution is 2.33. The van der Waals surface area contributed by atoms with Gasteiger partial charge in [-0.2, -0.15) is 18.3 Å². The maximum absolute atomic E-state index is 14.4. The highest BCUT2D eigenvalue weighted by atomic mass is 32.2. The number of aromatic nitrogens is 2. The first-order chi connectivity index (χ1) is 15.8. The van der Waals surface area contributed by atoms with Crippen molar-refractivity contribution in [3.05, 3.63) is 52.6 Å². The molecule has 1 unspecified atom stereocenters. The van der Waals surface area contributed by atoms with Crippen LogP contribution in [0.15, 0.2) is 24.3 Å². The van der Waals surface area contributed by atoms with Crippen LogP contribution in [0.3, 0.4) is 0 Å². The van der Waals surface area contributed by atoms with Gasteiger partial charge in [0.25, 0.3) is 0 Å². The average molecular weight is 505 g/mol. The molecule has 1 aliphatic rings. The Labute approximate surface area is 196 Å². The summed E-state index contributed by atoms with van der Waals surface area (Å²) in [6.45, 7) is 1.19. The summed E-state index contributed by atoms with van der Waals surface area (Å²) in [5, 5.41) is 6.42. The van der Waals surface area contributed by atoms with Crippen LogP contribution in [-0.4, -0.2) is 30.4 Å². The molecule has 1 aromatic carbocycles. The Morgan fingerprint density at radius 2 is 1.85 bits per heavy atom. The number of sulfonamides is 1. The van der Waals surface area contributed by atoms with E-state index < -0.39 is 39.5 Å². The Bertz CT molecular complexity index is 1130. The van der Waals surface area contributed by atoms with Crippen molar-refractivity contribution in [2.75, 3.05) is 6.26 Å². The van der Waals surface area contributed by atoms with Crippen LogP contribution in [0.1, 0.15) is 73.5 Å². The van der Waals surface area contributed by atoms with Gasteiger partial charge in [-0.25, -0.2) is 17.5 Å². The molecule has 2 N–H and O–H groups in total. The third kappa shape index (κ3) is 6.78. The maximum Gasteiger partial charge on any atom is 0.435 e. The molecule has 0 bridgehead atoms. The number of hydrogen-bond donors (Lipinski definition) is 2. The second-order valence-electron chi connectivity index (χ2n) is 8.64. The highest BCUT2D eigenvalue weighted by molar-refractivity contribution is 7.88. The van der Waals surface area contributed by atoms with Gasteiger partial charge in [0.05, 0.1) is 30.5 Å². The van der Waals surface area contributed by atoms with Gasteiger partial charge >= 0.3 is 6.18 Å². The van der Waals surface area contributed by atoms with Crippen molar-refractivity contribution in [1.82, 2.24) is 19.8 Å². The molecule has 2 aromatic rings. The first-order valence-electron chi connectivity index (χ1n) is 11.0. The zero-order valence-electron chi connectivity index (χ0n) is 19.0. The smallest absolute Gasteiger partial charge is 0.350 e. The van der Waals surface area contributed by atoms with Gasteiger partial charge in [0.2, 0.25) is 15.9 Å². The fraction of sp³-hybridized carbons (Fsp3) is 0.545. The first kappa shape index (κ1) is 26.1. The fourth-order valence-corrected chi connectivity index (χ4v) is 4.43. The molecule has 7 nitrogen and oxygen atoms in total. The lowest BCUT2D eigenvalue weighted by molar-refractivity contribution is -0.141. The molecule has 0 aliphatic heterocycles. The van der Waals surface area contributed by atoms with Gasteiger partial charge in [-0.05, 0) is 37.5 Å². The summed E-state index contributed by atoms with van der Waals surface area (Å²) in [7, 11) is -3.49. The van der Waals surface area contributed by atoms with Crippen molar-refractivity contribution in [3.8, 4) is 0 Å². The molecule has 1 atom stereocenters. The predicted molar refractivity (Wildman–Crippen MR) is 118 cm³/mol. The Kier molecular flexibility index (Phi) is 8.02. The number of amides is 1. The largest absolute Gasteiger partial charge is 0.435 e. The monoisotopic (exact) mass is 504 g/mol. The summed E-state index contributed by atoms with van der Waals surface area (Å²) in [6.07, 6.45) is 0.701. The van der Waals surface area contributed by atoms with Crippen molar-refractivity contribution in [3.63, 3.8) is 0 Å². The Morgan fingerprint density at radius 3 is 2.44 bits per heavy atom. The fourth-order valence-electron chi connectivity index (χ4n) is 4.01. The molecule has 188 valence electrons. The molecule has 12 heteroatoms. The standard InChI is InChI=1S/C22H28F4N4O3S/c1-14(15-8-9-16(19(23)10-15)12-28-34(2,32)33)21(31)27-13-18-11-20(22(24,25)26)29-30(18)17-6-4-3-5-7-17/h8-11,14,17,28H,3-7,12-13H2,1-2H3,(H,27,31). The van der Waals surface area contributed by atoms with Crippen LogP contribution in [0, 0.1) is 5.82 Å². The number of hydrogen-bond acceptors (Lipinski definition) is 4. The minimum Gasteiger partial charge on any atom is -0.350 e. The molecule has 1 aromatic heterocycles. The van der Waals surface area contributed by atoms with Crippen LogP contribution in [-0.2, 0) is 34.1 Å². The molecule has 0 radical (unpaired) electrons. The van der Waals surface area contributed by atoms with Gasteiger partial charge in [-0.1, -0.05) is 31.4 Å². The Morgan fingerprint density at radius 1 is 1.18 bits per heavy atom. The Balaban J connectivity index is 1.70. The summed E-state index contributed by atoms with van der Waals surface area (Å²) < 4.78 is 80.1. The molecule has 1 fully saturated rings. The third-order valence-electron chi connectivity index (χ3n) is 5.96. The van der Waals surface area contributed by atoms with Gasteiger partial charge in [-0.15, -0.1) is 0 Å². The van der Waals surface area contributed by atoms with Gasteiger partial charge < -0.3 is 5.32 Å². The van der Waals surface area contributed by atoms with Crippen molar-refractivity contribution in [1.29, 1.82) is 0 Å². The second kappa shape index (κ2) is 10.4. The number of nitrogens with zero attached hydrogens (tertiary/aromatic N) is 2. The third-order valence-corrected chi connectivity index (χ3v) is 6.63. The van der Waals surface area contributed by atoms with Gasteiger partial charge in [0, 0.05) is 12.1 Å². The van der Waals surface area contributed by atoms with E-state index in [4.69, 9.17) is 0 Å². The van der Waals surface area contributed by atoms with Crippen molar-refractivity contribution in [2.45, 2.75) is 70.3 Å². The van der Waals surface area contributed by atoms with E-state index in [1.165, 1.54) is 16.8 Å². The molecule has 1 amide bonds. The maximum atomic E-state index is 14.4. The Hall–Kier alpha value is -2.47. The van der Waals surface area contributed by atoms with E-state index in [0.717, 1.165) is 50.5 Å². The van der Waals surface area contributed by atoms with E-state index >= 15 is 0 Å². The summed E-state index contributed by atoms with van der Waals surface area (Å²) in [4.78, 5) is 12.7. The van der Waals surface area contributed by atoms with E-state index in [1.807, 2.05) is 0 Å². The molecular formula is C22H28F4N4O3S. The number of carbonyl (C=O) groups excluding carboxylic acids is 1. The van der Waals surface area contributed by atoms with Crippen LogP contribution in [0.4, 0.5) is 17.6 Å². The summed E-state index contributed by atoms with van der Waals surface area (Å²) >= 11 is 0. The lowest BCUT2D eigenvalue weighted by Gasteiger charge is -2.24. The summed E-state index contributed by atoms with van der Waals surface area (Å²) in [5.41, 5.74) is -0.239. The van der Waals surface area contributed by atoms with Gasteiger partial charge in [0.15, 0.2) is 5.69 Å². The number of carbonyl (C=O) groups is 1. The molecule has 3 rings (SSSR count). The molecular weight excluding hydrogens is 476 g/mol. The van der Waals surface area contributed by atoms with E-state index in [0.29, 0.717) is 5.56 Å². The van der Waals surface area contributed by atoms with Gasteiger partial charge in [0.1, 0.15) is 5.82 Å². The minimum atomic E-state index is -4.59. The van der Waals surface area contributed by atoms with Crippen molar-refractivity contribution < 1.29 is 30.8 Å². The lowest BCUT2D eigenvalue weighted by atomic mass is 9.95. The zero-order valence-corrected chi connectivity index (χ0v) is 19.8. The minimum absolute atomic E-state index is 0.123. The van der Waals surface area contributed by atoms with Crippen molar-refractivity contribution in [2.24, 2.45) is 0 Å². The van der Waals surface area contributed by atoms with Crippen LogP contribution >= 0.6 is 0 Å².